The van der Waals surface area contributed by atoms with E-state index in [1.165, 1.54) is 44.2 Å². The lowest BCUT2D eigenvalue weighted by Crippen LogP contribution is -2.57. The summed E-state index contributed by atoms with van der Waals surface area (Å²) in [5.74, 6) is -0.707. The minimum absolute atomic E-state index is 0.0125. The molecule has 2 aliphatic carbocycles. The fourth-order valence-corrected chi connectivity index (χ4v) is 8.39. The molecule has 1 saturated heterocycles. The molecule has 3 aromatic rings. The van der Waals surface area contributed by atoms with Crippen molar-refractivity contribution in [3.05, 3.63) is 77.3 Å². The quantitative estimate of drug-likeness (QED) is 0.279. The molecule has 0 radical (unpaired) electrons. The number of nitrogens with zero attached hydrogens (tertiary/aromatic N) is 5. The number of hydrogen-bond donors (Lipinski definition) is 1. The third-order valence-corrected chi connectivity index (χ3v) is 11.0. The maximum absolute atomic E-state index is 15.6. The highest BCUT2D eigenvalue weighted by Gasteiger charge is 2.45. The van der Waals surface area contributed by atoms with Gasteiger partial charge in [0.25, 0.3) is 0 Å². The zero-order chi connectivity index (χ0) is 31.4. The van der Waals surface area contributed by atoms with Gasteiger partial charge in [0.1, 0.15) is 30.3 Å². The lowest BCUT2D eigenvalue weighted by molar-refractivity contribution is -0.136. The molecule has 10 heteroatoms. The predicted molar refractivity (Wildman–Crippen MR) is 173 cm³/mol. The highest BCUT2D eigenvalue weighted by Crippen LogP contribution is 2.47. The van der Waals surface area contributed by atoms with Crippen LogP contribution in [0.2, 0.25) is 5.02 Å². The van der Waals surface area contributed by atoms with E-state index in [-0.39, 0.29) is 29.1 Å². The van der Waals surface area contributed by atoms with Gasteiger partial charge in [0, 0.05) is 49.2 Å². The molecule has 2 aromatic carbocycles. The SMILES string of the molecule is NC1CCC(N(c2ccc(F)cc2F)[C@H](Cc2ccc(Cl)cc2)C(=O)N2CCC(Cn3cncn3)(C3CCCCC3)CC2)CC1. The smallest absolute Gasteiger partial charge is 0.245 e. The minimum atomic E-state index is -0.664. The van der Waals surface area contributed by atoms with Crippen LogP contribution in [0.4, 0.5) is 14.5 Å². The molecule has 3 fully saturated rings. The van der Waals surface area contributed by atoms with Crippen LogP contribution in [0.15, 0.2) is 55.1 Å². The van der Waals surface area contributed by atoms with E-state index in [9.17, 15) is 9.18 Å². The van der Waals surface area contributed by atoms with Crippen LogP contribution in [0.1, 0.15) is 76.2 Å². The largest absolute Gasteiger partial charge is 0.354 e. The van der Waals surface area contributed by atoms with E-state index in [1.54, 1.807) is 12.7 Å². The Morgan fingerprint density at radius 3 is 2.36 bits per heavy atom. The highest BCUT2D eigenvalue weighted by atomic mass is 35.5. The Labute approximate surface area is 270 Å². The number of anilines is 1. The summed E-state index contributed by atoms with van der Waals surface area (Å²) in [6.07, 6.45) is 14.8. The number of carbonyl (C=O) groups excluding carboxylic acids is 1. The Morgan fingerprint density at radius 1 is 1.00 bits per heavy atom. The fraction of sp³-hybridized carbons (Fsp3) is 0.571. The van der Waals surface area contributed by atoms with Gasteiger partial charge < -0.3 is 15.5 Å². The molecule has 2 heterocycles. The van der Waals surface area contributed by atoms with Crippen LogP contribution < -0.4 is 10.6 Å². The number of nitrogens with two attached hydrogens (primary N) is 1. The molecule has 45 heavy (non-hydrogen) atoms. The van der Waals surface area contributed by atoms with E-state index in [2.05, 4.69) is 10.1 Å². The summed E-state index contributed by atoms with van der Waals surface area (Å²) in [7, 11) is 0. The van der Waals surface area contributed by atoms with Crippen molar-refractivity contribution in [1.29, 1.82) is 0 Å². The van der Waals surface area contributed by atoms with Gasteiger partial charge in [-0.05, 0) is 92.5 Å². The van der Waals surface area contributed by atoms with Crippen molar-refractivity contribution in [2.75, 3.05) is 18.0 Å². The Morgan fingerprint density at radius 2 is 1.71 bits per heavy atom. The normalized spacial score (nSPS) is 23.1. The molecular formula is C35H45ClF2N6O. The Bertz CT molecular complexity index is 1400. The van der Waals surface area contributed by atoms with Crippen LogP contribution in [-0.4, -0.2) is 56.8 Å². The molecule has 1 atom stereocenters. The number of amides is 1. The van der Waals surface area contributed by atoms with Gasteiger partial charge in [-0.3, -0.25) is 9.48 Å². The minimum Gasteiger partial charge on any atom is -0.354 e. The molecule has 3 aliphatic rings. The molecule has 0 unspecified atom stereocenters. The topological polar surface area (TPSA) is 80.3 Å². The van der Waals surface area contributed by atoms with Gasteiger partial charge in [-0.25, -0.2) is 13.8 Å². The van der Waals surface area contributed by atoms with Crippen LogP contribution in [0.3, 0.4) is 0 Å². The van der Waals surface area contributed by atoms with Gasteiger partial charge in [-0.2, -0.15) is 5.10 Å². The number of likely N-dealkylation sites (tertiary alicyclic amines) is 1. The zero-order valence-corrected chi connectivity index (χ0v) is 26.7. The van der Waals surface area contributed by atoms with E-state index in [0.29, 0.717) is 30.5 Å². The monoisotopic (exact) mass is 638 g/mol. The first-order chi connectivity index (χ1) is 21.8. The highest BCUT2D eigenvalue weighted by molar-refractivity contribution is 6.30. The molecule has 2 N–H and O–H groups in total. The molecule has 1 amide bonds. The summed E-state index contributed by atoms with van der Waals surface area (Å²) in [5, 5.41) is 5.07. The summed E-state index contributed by atoms with van der Waals surface area (Å²) in [6.45, 7) is 2.08. The first-order valence-corrected chi connectivity index (χ1v) is 17.0. The Balaban J connectivity index is 1.31. The molecule has 1 aromatic heterocycles. The zero-order valence-electron chi connectivity index (χ0n) is 26.0. The summed E-state index contributed by atoms with van der Waals surface area (Å²) in [5.41, 5.74) is 7.54. The predicted octanol–water partition coefficient (Wildman–Crippen LogP) is 6.79. The average Bonchev–Trinajstić information content (AvgIpc) is 3.57. The molecule has 1 aliphatic heterocycles. The molecular weight excluding hydrogens is 594 g/mol. The van der Waals surface area contributed by atoms with E-state index in [0.717, 1.165) is 56.7 Å². The van der Waals surface area contributed by atoms with Crippen molar-refractivity contribution >= 4 is 23.2 Å². The second kappa shape index (κ2) is 14.2. The lowest BCUT2D eigenvalue weighted by atomic mass is 9.63. The van der Waals surface area contributed by atoms with Crippen molar-refractivity contribution in [1.82, 2.24) is 19.7 Å². The summed E-state index contributed by atoms with van der Waals surface area (Å²) in [6, 6.07) is 10.5. The number of hydrogen-bond acceptors (Lipinski definition) is 5. The third kappa shape index (κ3) is 7.35. The summed E-state index contributed by atoms with van der Waals surface area (Å²) < 4.78 is 31.7. The average molecular weight is 639 g/mol. The Hall–Kier alpha value is -3.04. The van der Waals surface area contributed by atoms with Gasteiger partial charge in [0.05, 0.1) is 5.69 Å². The van der Waals surface area contributed by atoms with Crippen LogP contribution >= 0.6 is 11.6 Å². The standard InChI is InChI=1S/C35H45ClF2N6O/c36-27-8-6-25(7-9-27)20-33(44(30-13-11-29(39)12-14-30)32-15-10-28(37)21-31(32)38)34(45)42-18-16-35(17-19-42,22-43-24-40-23-41-43)26-4-2-1-3-5-26/h6-10,15,21,23-24,26,29-30,33H,1-5,11-14,16-20,22,39H2/t29?,30?,33-/m1/s1. The molecule has 2 saturated carbocycles. The van der Waals surface area contributed by atoms with Crippen molar-refractivity contribution < 1.29 is 13.6 Å². The van der Waals surface area contributed by atoms with Crippen LogP contribution in [0.5, 0.6) is 0 Å². The first kappa shape index (κ1) is 31.9. The number of piperidine rings is 1. The second-order valence-electron chi connectivity index (χ2n) is 13.5. The molecule has 0 bridgehead atoms. The van der Waals surface area contributed by atoms with Gasteiger partial charge in [0.2, 0.25) is 5.91 Å². The fourth-order valence-electron chi connectivity index (χ4n) is 8.27. The maximum atomic E-state index is 15.6. The summed E-state index contributed by atoms with van der Waals surface area (Å²) >= 11 is 6.21. The summed E-state index contributed by atoms with van der Waals surface area (Å²) in [4.78, 5) is 22.9. The van der Waals surface area contributed by atoms with Gasteiger partial charge in [0.15, 0.2) is 0 Å². The van der Waals surface area contributed by atoms with Gasteiger partial charge in [-0.1, -0.05) is 43.0 Å². The molecule has 242 valence electrons. The molecule has 6 rings (SSSR count). The van der Waals surface area contributed by atoms with Crippen molar-refractivity contribution in [2.45, 2.75) is 102 Å². The van der Waals surface area contributed by atoms with Crippen molar-refractivity contribution in [3.8, 4) is 0 Å². The van der Waals surface area contributed by atoms with E-state index in [1.807, 2.05) is 38.7 Å². The van der Waals surface area contributed by atoms with Gasteiger partial charge >= 0.3 is 0 Å². The van der Waals surface area contributed by atoms with E-state index < -0.39 is 17.7 Å². The lowest BCUT2D eigenvalue weighted by Gasteiger charge is -2.49. The van der Waals surface area contributed by atoms with Crippen molar-refractivity contribution in [2.24, 2.45) is 17.1 Å². The second-order valence-corrected chi connectivity index (χ2v) is 14.0. The third-order valence-electron chi connectivity index (χ3n) is 10.8. The van der Waals surface area contributed by atoms with Gasteiger partial charge in [-0.15, -0.1) is 0 Å². The molecule has 7 nitrogen and oxygen atoms in total. The van der Waals surface area contributed by atoms with Crippen molar-refractivity contribution in [3.63, 3.8) is 0 Å². The number of aromatic nitrogens is 3. The van der Waals surface area contributed by atoms with Crippen LogP contribution in [0, 0.1) is 23.0 Å². The van der Waals surface area contributed by atoms with Crippen LogP contribution in [0.25, 0.3) is 0 Å². The Kier molecular flexibility index (Phi) is 10.0. The molecule has 0 spiro atoms. The number of halogens is 3. The number of carbonyl (C=O) groups is 1. The number of rotatable bonds is 9. The maximum Gasteiger partial charge on any atom is 0.245 e. The van der Waals surface area contributed by atoms with E-state index >= 15 is 4.39 Å². The van der Waals surface area contributed by atoms with E-state index in [4.69, 9.17) is 17.3 Å². The van der Waals surface area contributed by atoms with Crippen LogP contribution in [-0.2, 0) is 17.8 Å². The number of benzene rings is 2. The first-order valence-electron chi connectivity index (χ1n) is 16.7.